The summed E-state index contributed by atoms with van der Waals surface area (Å²) in [6, 6.07) is 5.69. The molecule has 3 N–H and O–H groups in total. The minimum absolute atomic E-state index is 0.0920. The second-order valence-corrected chi connectivity index (χ2v) is 4.64. The predicted molar refractivity (Wildman–Crippen MR) is 85.5 cm³/mol. The summed E-state index contributed by atoms with van der Waals surface area (Å²) < 4.78 is 5.33. The van der Waals surface area contributed by atoms with Gasteiger partial charge in [-0.05, 0) is 24.7 Å². The number of benzene rings is 1. The Morgan fingerprint density at radius 1 is 1.52 bits per heavy atom. The molecule has 114 valence electrons. The van der Waals surface area contributed by atoms with Gasteiger partial charge in [-0.2, -0.15) is 0 Å². The summed E-state index contributed by atoms with van der Waals surface area (Å²) in [5.41, 5.74) is 7.12. The van der Waals surface area contributed by atoms with Gasteiger partial charge < -0.3 is 20.6 Å². The average Bonchev–Trinajstić information content (AvgIpc) is 2.44. The zero-order valence-corrected chi connectivity index (χ0v) is 12.9. The SMILES string of the molecule is CCCc1c(/C=N/OCC(=O)NC(N)=S)cccc1OC. The lowest BCUT2D eigenvalue weighted by molar-refractivity contribution is -0.124. The van der Waals surface area contributed by atoms with Crippen LogP contribution in [-0.4, -0.2) is 31.0 Å². The number of methoxy groups -OCH3 is 1. The van der Waals surface area contributed by atoms with Crippen molar-refractivity contribution in [2.75, 3.05) is 13.7 Å². The molecule has 0 atom stereocenters. The smallest absolute Gasteiger partial charge is 0.266 e. The van der Waals surface area contributed by atoms with Gasteiger partial charge in [0.05, 0.1) is 13.3 Å². The van der Waals surface area contributed by atoms with Crippen LogP contribution in [0.1, 0.15) is 24.5 Å². The highest BCUT2D eigenvalue weighted by molar-refractivity contribution is 7.80. The second-order valence-electron chi connectivity index (χ2n) is 4.20. The molecule has 0 aromatic heterocycles. The third kappa shape index (κ3) is 5.78. The maximum Gasteiger partial charge on any atom is 0.266 e. The van der Waals surface area contributed by atoms with Crippen molar-refractivity contribution in [1.82, 2.24) is 5.32 Å². The highest BCUT2D eigenvalue weighted by atomic mass is 32.1. The van der Waals surface area contributed by atoms with Crippen LogP contribution in [0, 0.1) is 0 Å². The van der Waals surface area contributed by atoms with E-state index in [1.54, 1.807) is 13.3 Å². The summed E-state index contributed by atoms with van der Waals surface area (Å²) in [6.45, 7) is 1.84. The molecule has 0 saturated carbocycles. The Labute approximate surface area is 129 Å². The van der Waals surface area contributed by atoms with Crippen LogP contribution in [0.3, 0.4) is 0 Å². The topological polar surface area (TPSA) is 85.9 Å². The van der Waals surface area contributed by atoms with Crippen molar-refractivity contribution < 1.29 is 14.4 Å². The van der Waals surface area contributed by atoms with Gasteiger partial charge in [0.25, 0.3) is 5.91 Å². The molecule has 7 heteroatoms. The van der Waals surface area contributed by atoms with Gasteiger partial charge in [0, 0.05) is 11.1 Å². The summed E-state index contributed by atoms with van der Waals surface area (Å²) in [6.07, 6.45) is 3.41. The Morgan fingerprint density at radius 3 is 2.90 bits per heavy atom. The van der Waals surface area contributed by atoms with Gasteiger partial charge in [-0.3, -0.25) is 4.79 Å². The molecule has 0 bridgehead atoms. The van der Waals surface area contributed by atoms with Gasteiger partial charge in [-0.25, -0.2) is 0 Å². The van der Waals surface area contributed by atoms with Crippen LogP contribution in [0.25, 0.3) is 0 Å². The van der Waals surface area contributed by atoms with Crippen molar-refractivity contribution in [1.29, 1.82) is 0 Å². The first-order valence-electron chi connectivity index (χ1n) is 6.49. The first-order chi connectivity index (χ1) is 10.1. The van der Waals surface area contributed by atoms with E-state index in [-0.39, 0.29) is 11.7 Å². The zero-order valence-electron chi connectivity index (χ0n) is 12.1. The summed E-state index contributed by atoms with van der Waals surface area (Å²) in [5.74, 6) is 0.367. The van der Waals surface area contributed by atoms with E-state index < -0.39 is 5.91 Å². The van der Waals surface area contributed by atoms with E-state index in [1.807, 2.05) is 18.2 Å². The van der Waals surface area contributed by atoms with Crippen molar-refractivity contribution in [2.45, 2.75) is 19.8 Å². The highest BCUT2D eigenvalue weighted by Crippen LogP contribution is 2.22. The fourth-order valence-corrected chi connectivity index (χ4v) is 1.89. The maximum absolute atomic E-state index is 11.2. The Hall–Kier alpha value is -2.15. The number of hydrogen-bond acceptors (Lipinski definition) is 5. The van der Waals surface area contributed by atoms with Gasteiger partial charge in [0.1, 0.15) is 5.75 Å². The molecule has 0 aliphatic heterocycles. The van der Waals surface area contributed by atoms with Gasteiger partial charge in [0.15, 0.2) is 11.7 Å². The van der Waals surface area contributed by atoms with Crippen molar-refractivity contribution >= 4 is 29.5 Å². The van der Waals surface area contributed by atoms with Crippen LogP contribution in [0.15, 0.2) is 23.4 Å². The number of oxime groups is 1. The molecule has 0 unspecified atom stereocenters. The van der Waals surface area contributed by atoms with Gasteiger partial charge >= 0.3 is 0 Å². The number of ether oxygens (including phenoxy) is 1. The largest absolute Gasteiger partial charge is 0.496 e. The lowest BCUT2D eigenvalue weighted by Gasteiger charge is -2.10. The summed E-state index contributed by atoms with van der Waals surface area (Å²) in [7, 11) is 1.63. The van der Waals surface area contributed by atoms with Gasteiger partial charge in [-0.1, -0.05) is 30.6 Å². The second kappa shape index (κ2) is 8.91. The fraction of sp³-hybridized carbons (Fsp3) is 0.357. The first kappa shape index (κ1) is 16.9. The molecule has 0 spiro atoms. The van der Waals surface area contributed by atoms with Gasteiger partial charge in [-0.15, -0.1) is 0 Å². The average molecular weight is 309 g/mol. The first-order valence-corrected chi connectivity index (χ1v) is 6.89. The molecule has 0 heterocycles. The van der Waals surface area contributed by atoms with Crippen LogP contribution < -0.4 is 15.8 Å². The van der Waals surface area contributed by atoms with E-state index in [0.717, 1.165) is 29.7 Å². The normalized spacial score (nSPS) is 10.4. The quantitative estimate of drug-likeness (QED) is 0.451. The summed E-state index contributed by atoms with van der Waals surface area (Å²) in [4.78, 5) is 16.1. The molecule has 0 aliphatic rings. The number of nitrogens with zero attached hydrogens (tertiary/aromatic N) is 1. The molecule has 0 saturated heterocycles. The minimum atomic E-state index is -0.445. The number of rotatable bonds is 7. The molecular formula is C14H19N3O3S. The number of carbonyl (C=O) groups excluding carboxylic acids is 1. The molecule has 1 amide bonds. The van der Waals surface area contributed by atoms with Crippen LogP contribution in [0.4, 0.5) is 0 Å². The van der Waals surface area contributed by atoms with E-state index >= 15 is 0 Å². The maximum atomic E-state index is 11.2. The monoisotopic (exact) mass is 309 g/mol. The lowest BCUT2D eigenvalue weighted by atomic mass is 10.0. The van der Waals surface area contributed by atoms with Gasteiger partial charge in [0.2, 0.25) is 0 Å². The lowest BCUT2D eigenvalue weighted by Crippen LogP contribution is -2.36. The van der Waals surface area contributed by atoms with Crippen LogP contribution >= 0.6 is 12.2 Å². The Balaban J connectivity index is 2.67. The van der Waals surface area contributed by atoms with Crippen LogP contribution in [-0.2, 0) is 16.1 Å². The number of amides is 1. The molecule has 1 rings (SSSR count). The van der Waals surface area contributed by atoms with Crippen molar-refractivity contribution in [3.8, 4) is 5.75 Å². The van der Waals surface area contributed by atoms with E-state index in [4.69, 9.17) is 15.3 Å². The Kier molecular flexibility index (Phi) is 7.17. The third-order valence-corrected chi connectivity index (χ3v) is 2.72. The molecule has 1 aromatic carbocycles. The fourth-order valence-electron chi connectivity index (χ4n) is 1.78. The van der Waals surface area contributed by atoms with Crippen LogP contribution in [0.5, 0.6) is 5.75 Å². The van der Waals surface area contributed by atoms with E-state index in [0.29, 0.717) is 0 Å². The number of carbonyl (C=O) groups is 1. The summed E-state index contributed by atoms with van der Waals surface area (Å²) >= 11 is 4.54. The minimum Gasteiger partial charge on any atom is -0.496 e. The number of hydrogen-bond donors (Lipinski definition) is 2. The molecule has 6 nitrogen and oxygen atoms in total. The number of thiocarbonyl (C=S) groups is 1. The molecular weight excluding hydrogens is 290 g/mol. The standard InChI is InChI=1S/C14H19N3O3S/c1-3-5-11-10(6-4-7-12(11)19-2)8-16-20-9-13(18)17-14(15)21/h4,6-8H,3,5,9H2,1-2H3,(H3,15,17,18,21)/b16-8+. The van der Waals surface area contributed by atoms with Crippen molar-refractivity contribution in [3.63, 3.8) is 0 Å². The number of nitrogens with two attached hydrogens (primary N) is 1. The van der Waals surface area contributed by atoms with E-state index in [9.17, 15) is 4.79 Å². The molecule has 0 aliphatic carbocycles. The molecule has 21 heavy (non-hydrogen) atoms. The molecule has 0 fully saturated rings. The van der Waals surface area contributed by atoms with Crippen molar-refractivity contribution in [3.05, 3.63) is 29.3 Å². The molecule has 0 radical (unpaired) electrons. The third-order valence-electron chi connectivity index (χ3n) is 2.61. The highest BCUT2D eigenvalue weighted by Gasteiger charge is 2.07. The summed E-state index contributed by atoms with van der Waals surface area (Å²) in [5, 5.41) is 5.93. The van der Waals surface area contributed by atoms with E-state index in [2.05, 4.69) is 29.6 Å². The van der Waals surface area contributed by atoms with E-state index in [1.165, 1.54) is 0 Å². The zero-order chi connectivity index (χ0) is 15.7. The predicted octanol–water partition coefficient (Wildman–Crippen LogP) is 1.36. The number of nitrogens with one attached hydrogen (secondary N) is 1. The van der Waals surface area contributed by atoms with Crippen LogP contribution in [0.2, 0.25) is 0 Å². The Bertz CT molecular complexity index is 532. The molecule has 1 aromatic rings. The van der Waals surface area contributed by atoms with Crippen molar-refractivity contribution in [2.24, 2.45) is 10.9 Å². The Morgan fingerprint density at radius 2 is 2.29 bits per heavy atom.